The van der Waals surface area contributed by atoms with Crippen LogP contribution in [0.25, 0.3) is 0 Å². The normalized spacial score (nSPS) is 14.5. The lowest BCUT2D eigenvalue weighted by Crippen LogP contribution is -2.37. The summed E-state index contributed by atoms with van der Waals surface area (Å²) in [5.74, 6) is 0. The first kappa shape index (κ1) is 14.2. The molecule has 0 aliphatic rings. The minimum atomic E-state index is -4.61. The van der Waals surface area contributed by atoms with Gasteiger partial charge in [0.05, 0.1) is 0 Å². The summed E-state index contributed by atoms with van der Waals surface area (Å²) in [4.78, 5) is 11.0. The summed E-state index contributed by atoms with van der Waals surface area (Å²) in [6, 6.07) is 0. The Bertz CT molecular complexity index is 320. The molecule has 7 heteroatoms. The van der Waals surface area contributed by atoms with Gasteiger partial charge in [0.2, 0.25) is 0 Å². The van der Waals surface area contributed by atoms with Gasteiger partial charge in [-0.05, 0) is 27.7 Å². The summed E-state index contributed by atoms with van der Waals surface area (Å²) in [6.45, 7) is 5.85. The van der Waals surface area contributed by atoms with E-state index in [1.165, 1.54) is 0 Å². The Morgan fingerprint density at radius 3 is 2.27 bits per heavy atom. The molecule has 0 fully saturated rings. The molecular formula is C8H16FNO4S. The minimum Gasteiger partial charge on any atom is -0.444 e. The molecule has 0 aliphatic heterocycles. The summed E-state index contributed by atoms with van der Waals surface area (Å²) >= 11 is 0. The number of nitrogens with one attached hydrogen (secondary N) is 1. The van der Waals surface area contributed by atoms with E-state index in [1.807, 2.05) is 0 Å². The van der Waals surface area contributed by atoms with E-state index < -0.39 is 27.2 Å². The van der Waals surface area contributed by atoms with Gasteiger partial charge in [-0.25, -0.2) is 4.79 Å². The monoisotopic (exact) mass is 241 g/mol. The van der Waals surface area contributed by atoms with Crippen molar-refractivity contribution in [3.8, 4) is 0 Å². The van der Waals surface area contributed by atoms with Crippen LogP contribution in [0.4, 0.5) is 8.68 Å². The molecule has 1 amide bonds. The molecule has 1 N–H and O–H groups in total. The van der Waals surface area contributed by atoms with E-state index in [0.29, 0.717) is 0 Å². The third-order valence-corrected chi connectivity index (χ3v) is 2.54. The van der Waals surface area contributed by atoms with Gasteiger partial charge in [0.25, 0.3) is 0 Å². The highest BCUT2D eigenvalue weighted by molar-refractivity contribution is 7.87. The number of hydrogen-bond acceptors (Lipinski definition) is 4. The molecule has 0 bridgehead atoms. The highest BCUT2D eigenvalue weighted by atomic mass is 32.3. The molecule has 0 saturated carbocycles. The minimum absolute atomic E-state index is 0.312. The van der Waals surface area contributed by atoms with Gasteiger partial charge in [-0.2, -0.15) is 8.42 Å². The number of rotatable bonds is 3. The predicted octanol–water partition coefficient (Wildman–Crippen LogP) is 1.20. The molecule has 0 aromatic rings. The Hall–Kier alpha value is -0.850. The Balaban J connectivity index is 4.03. The van der Waals surface area contributed by atoms with E-state index >= 15 is 0 Å². The van der Waals surface area contributed by atoms with E-state index in [9.17, 15) is 17.1 Å². The van der Waals surface area contributed by atoms with Crippen LogP contribution in [0.5, 0.6) is 0 Å². The molecule has 15 heavy (non-hydrogen) atoms. The second-order valence-electron chi connectivity index (χ2n) is 4.17. The van der Waals surface area contributed by atoms with Gasteiger partial charge in [-0.1, -0.05) is 0 Å². The number of amides is 1. The lowest BCUT2D eigenvalue weighted by atomic mass is 10.2. The molecule has 0 spiro atoms. The molecule has 0 radical (unpaired) electrons. The average Bonchev–Trinajstić information content (AvgIpc) is 1.94. The van der Waals surface area contributed by atoms with E-state index in [0.717, 1.165) is 6.92 Å². The molecule has 5 nitrogen and oxygen atoms in total. The maximum atomic E-state index is 12.4. The lowest BCUT2D eigenvalue weighted by Gasteiger charge is -2.20. The van der Waals surface area contributed by atoms with Gasteiger partial charge in [-0.15, -0.1) is 3.89 Å². The van der Waals surface area contributed by atoms with E-state index in [1.54, 1.807) is 20.8 Å². The molecule has 1 unspecified atom stereocenters. The van der Waals surface area contributed by atoms with Crippen LogP contribution in [-0.4, -0.2) is 31.9 Å². The second kappa shape index (κ2) is 4.78. The van der Waals surface area contributed by atoms with Crippen molar-refractivity contribution < 1.29 is 21.8 Å². The summed E-state index contributed by atoms with van der Waals surface area (Å²) < 4.78 is 37.9. The maximum Gasteiger partial charge on any atom is 0.407 e. The fourth-order valence-electron chi connectivity index (χ4n) is 0.641. The molecular weight excluding hydrogens is 225 g/mol. The third-order valence-electron chi connectivity index (χ3n) is 1.41. The highest BCUT2D eigenvalue weighted by Gasteiger charge is 2.22. The van der Waals surface area contributed by atoms with Gasteiger partial charge >= 0.3 is 16.3 Å². The Morgan fingerprint density at radius 2 is 1.93 bits per heavy atom. The van der Waals surface area contributed by atoms with Gasteiger partial charge in [0.15, 0.2) is 0 Å². The van der Waals surface area contributed by atoms with Crippen molar-refractivity contribution in [3.63, 3.8) is 0 Å². The number of carbonyl (C=O) groups excluding carboxylic acids is 1. The summed E-state index contributed by atoms with van der Waals surface area (Å²) in [5, 5.41) is 0.892. The Kier molecular flexibility index (Phi) is 4.51. The molecule has 0 aliphatic carbocycles. The van der Waals surface area contributed by atoms with Crippen LogP contribution < -0.4 is 5.32 Å². The van der Waals surface area contributed by atoms with Crippen LogP contribution in [0, 0.1) is 0 Å². The van der Waals surface area contributed by atoms with Gasteiger partial charge in [0.1, 0.15) is 10.9 Å². The van der Waals surface area contributed by atoms with Crippen LogP contribution >= 0.6 is 0 Å². The van der Waals surface area contributed by atoms with Crippen molar-refractivity contribution in [2.75, 3.05) is 6.54 Å². The van der Waals surface area contributed by atoms with Gasteiger partial charge < -0.3 is 10.1 Å². The second-order valence-corrected chi connectivity index (χ2v) is 5.92. The van der Waals surface area contributed by atoms with Crippen LogP contribution in [0.2, 0.25) is 0 Å². The molecule has 0 aromatic heterocycles. The highest BCUT2D eigenvalue weighted by Crippen LogP contribution is 2.07. The van der Waals surface area contributed by atoms with Crippen molar-refractivity contribution >= 4 is 16.3 Å². The first-order valence-electron chi connectivity index (χ1n) is 4.42. The van der Waals surface area contributed by atoms with Crippen molar-refractivity contribution in [1.82, 2.24) is 5.32 Å². The number of alkyl carbamates (subject to hydrolysis) is 1. The third kappa shape index (κ3) is 7.12. The molecule has 0 heterocycles. The van der Waals surface area contributed by atoms with Crippen molar-refractivity contribution in [1.29, 1.82) is 0 Å². The first-order valence-corrected chi connectivity index (χ1v) is 5.87. The molecule has 0 saturated heterocycles. The molecule has 0 rings (SSSR count). The van der Waals surface area contributed by atoms with Crippen LogP contribution in [0.15, 0.2) is 0 Å². The number of hydrogen-bond donors (Lipinski definition) is 1. The van der Waals surface area contributed by atoms with Crippen molar-refractivity contribution in [2.45, 2.75) is 38.5 Å². The van der Waals surface area contributed by atoms with Crippen molar-refractivity contribution in [3.05, 3.63) is 0 Å². The molecule has 1 atom stereocenters. The van der Waals surface area contributed by atoms with Gasteiger partial charge in [-0.3, -0.25) is 0 Å². The summed E-state index contributed by atoms with van der Waals surface area (Å²) in [5.41, 5.74) is -0.665. The fourth-order valence-corrected chi connectivity index (χ4v) is 0.923. The topological polar surface area (TPSA) is 72.5 Å². The standard InChI is InChI=1S/C8H16FNO4S/c1-6(15(9,12)13)5-10-7(11)14-8(2,3)4/h6H,5H2,1-4H3,(H,10,11). The maximum absolute atomic E-state index is 12.4. The van der Waals surface area contributed by atoms with E-state index in [-0.39, 0.29) is 6.54 Å². The Labute approximate surface area is 89.2 Å². The summed E-state index contributed by atoms with van der Waals surface area (Å²) in [7, 11) is -4.61. The lowest BCUT2D eigenvalue weighted by molar-refractivity contribution is 0.0528. The largest absolute Gasteiger partial charge is 0.444 e. The van der Waals surface area contributed by atoms with Crippen LogP contribution in [0.1, 0.15) is 27.7 Å². The van der Waals surface area contributed by atoms with Crippen LogP contribution in [0.3, 0.4) is 0 Å². The molecule has 90 valence electrons. The molecule has 0 aromatic carbocycles. The van der Waals surface area contributed by atoms with Crippen molar-refractivity contribution in [2.24, 2.45) is 0 Å². The average molecular weight is 241 g/mol. The first-order chi connectivity index (χ1) is 6.52. The Morgan fingerprint density at radius 1 is 1.47 bits per heavy atom. The smallest absolute Gasteiger partial charge is 0.407 e. The summed E-state index contributed by atoms with van der Waals surface area (Å²) in [6.07, 6.45) is -0.766. The number of halogens is 1. The van der Waals surface area contributed by atoms with E-state index in [4.69, 9.17) is 4.74 Å². The zero-order valence-electron chi connectivity index (χ0n) is 9.20. The SMILES string of the molecule is CC(CNC(=O)OC(C)(C)C)S(=O)(=O)F. The zero-order valence-corrected chi connectivity index (χ0v) is 10.0. The van der Waals surface area contributed by atoms with Gasteiger partial charge in [0, 0.05) is 6.54 Å². The zero-order chi connectivity index (χ0) is 12.3. The number of carbonyl (C=O) groups is 1. The number of ether oxygens (including phenoxy) is 1. The quantitative estimate of drug-likeness (QED) is 0.753. The van der Waals surface area contributed by atoms with Crippen LogP contribution in [-0.2, 0) is 15.0 Å². The fraction of sp³-hybridized carbons (Fsp3) is 0.875. The predicted molar refractivity (Wildman–Crippen MR) is 53.7 cm³/mol. The van der Waals surface area contributed by atoms with E-state index in [2.05, 4.69) is 5.32 Å².